The summed E-state index contributed by atoms with van der Waals surface area (Å²) in [5.74, 6) is 0.748. The van der Waals surface area contributed by atoms with Crippen molar-refractivity contribution in [3.63, 3.8) is 0 Å². The third-order valence-electron chi connectivity index (χ3n) is 3.67. The number of isocyanates is 1. The van der Waals surface area contributed by atoms with Gasteiger partial charge in [0.2, 0.25) is 6.08 Å². The van der Waals surface area contributed by atoms with Gasteiger partial charge in [-0.05, 0) is 37.5 Å². The molecule has 3 nitrogen and oxygen atoms in total. The van der Waals surface area contributed by atoms with Crippen molar-refractivity contribution in [1.29, 1.82) is 0 Å². The zero-order valence-corrected chi connectivity index (χ0v) is 11.4. The predicted octanol–water partition coefficient (Wildman–Crippen LogP) is 3.76. The van der Waals surface area contributed by atoms with Crippen LogP contribution in [-0.4, -0.2) is 13.2 Å². The van der Waals surface area contributed by atoms with E-state index in [4.69, 9.17) is 16.3 Å². The minimum Gasteiger partial charge on any atom is -0.496 e. The number of rotatable bonds is 3. The number of benzene rings is 1. The van der Waals surface area contributed by atoms with Crippen LogP contribution in [0.1, 0.15) is 36.8 Å². The lowest BCUT2D eigenvalue weighted by atomic mass is 9.87. The molecule has 0 N–H and O–H groups in total. The molecule has 1 aliphatic carbocycles. The van der Waals surface area contributed by atoms with Crippen molar-refractivity contribution < 1.29 is 9.53 Å². The average molecular weight is 266 g/mol. The Morgan fingerprint density at radius 2 is 2.06 bits per heavy atom. The SMILES string of the molecule is COc1cc(C)c(Cl)cc1C1(N=C=O)CCCC1. The second-order valence-electron chi connectivity index (χ2n) is 4.74. The summed E-state index contributed by atoms with van der Waals surface area (Å²) in [6.45, 7) is 1.93. The summed E-state index contributed by atoms with van der Waals surface area (Å²) >= 11 is 6.19. The van der Waals surface area contributed by atoms with E-state index in [0.717, 1.165) is 42.6 Å². The van der Waals surface area contributed by atoms with Gasteiger partial charge in [0.1, 0.15) is 11.3 Å². The monoisotopic (exact) mass is 265 g/mol. The van der Waals surface area contributed by atoms with Crippen molar-refractivity contribution in [2.24, 2.45) is 4.99 Å². The third-order valence-corrected chi connectivity index (χ3v) is 4.08. The highest BCUT2D eigenvalue weighted by atomic mass is 35.5. The maximum Gasteiger partial charge on any atom is 0.235 e. The number of halogens is 1. The Bertz CT molecular complexity index is 501. The van der Waals surface area contributed by atoms with Gasteiger partial charge in [0.15, 0.2) is 0 Å². The Labute approximate surface area is 112 Å². The predicted molar refractivity (Wildman–Crippen MR) is 71.0 cm³/mol. The van der Waals surface area contributed by atoms with E-state index in [0.29, 0.717) is 5.02 Å². The molecular weight excluding hydrogens is 250 g/mol. The Morgan fingerprint density at radius 1 is 1.39 bits per heavy atom. The molecule has 1 aromatic carbocycles. The molecule has 1 saturated carbocycles. The number of carbonyl (C=O) groups excluding carboxylic acids is 1. The summed E-state index contributed by atoms with van der Waals surface area (Å²) in [5.41, 5.74) is 1.37. The number of methoxy groups -OCH3 is 1. The van der Waals surface area contributed by atoms with Crippen molar-refractivity contribution in [3.05, 3.63) is 28.3 Å². The summed E-state index contributed by atoms with van der Waals surface area (Å²) in [6, 6.07) is 3.78. The highest BCUT2D eigenvalue weighted by Gasteiger charge is 2.38. The molecule has 2 rings (SSSR count). The van der Waals surface area contributed by atoms with Crippen LogP contribution in [-0.2, 0) is 10.3 Å². The van der Waals surface area contributed by atoms with Crippen molar-refractivity contribution in [3.8, 4) is 5.75 Å². The van der Waals surface area contributed by atoms with Crippen LogP contribution in [0.15, 0.2) is 17.1 Å². The lowest BCUT2D eigenvalue weighted by Crippen LogP contribution is -2.20. The van der Waals surface area contributed by atoms with E-state index in [2.05, 4.69) is 4.99 Å². The second kappa shape index (κ2) is 5.13. The summed E-state index contributed by atoms with van der Waals surface area (Å²) in [7, 11) is 1.62. The summed E-state index contributed by atoms with van der Waals surface area (Å²) in [6.07, 6.45) is 5.51. The van der Waals surface area contributed by atoms with E-state index in [-0.39, 0.29) is 0 Å². The maximum absolute atomic E-state index is 10.7. The number of hydrogen-bond acceptors (Lipinski definition) is 3. The van der Waals surface area contributed by atoms with E-state index in [1.165, 1.54) is 0 Å². The Kier molecular flexibility index (Phi) is 3.74. The van der Waals surface area contributed by atoms with Crippen LogP contribution in [0.5, 0.6) is 5.75 Å². The minimum atomic E-state index is -0.496. The van der Waals surface area contributed by atoms with Gasteiger partial charge in [-0.3, -0.25) is 0 Å². The molecule has 4 heteroatoms. The molecule has 0 saturated heterocycles. The number of aliphatic imine (C=N–C) groups is 1. The highest BCUT2D eigenvalue weighted by Crippen LogP contribution is 2.46. The topological polar surface area (TPSA) is 38.7 Å². The van der Waals surface area contributed by atoms with Gasteiger partial charge in [-0.1, -0.05) is 24.4 Å². The van der Waals surface area contributed by atoms with Crippen molar-refractivity contribution >= 4 is 17.7 Å². The molecule has 0 atom stereocenters. The fourth-order valence-corrected chi connectivity index (χ4v) is 2.84. The van der Waals surface area contributed by atoms with Crippen LogP contribution in [0.25, 0.3) is 0 Å². The molecular formula is C14H16ClNO2. The van der Waals surface area contributed by atoms with Crippen molar-refractivity contribution in [2.45, 2.75) is 38.1 Å². The van der Waals surface area contributed by atoms with E-state index in [1.54, 1.807) is 13.2 Å². The summed E-state index contributed by atoms with van der Waals surface area (Å²) < 4.78 is 5.42. The molecule has 0 radical (unpaired) electrons. The van der Waals surface area contributed by atoms with E-state index in [1.807, 2.05) is 19.1 Å². The first kappa shape index (κ1) is 13.1. The molecule has 0 aliphatic heterocycles. The average Bonchev–Trinajstić information content (AvgIpc) is 2.82. The number of hydrogen-bond donors (Lipinski definition) is 0. The molecule has 18 heavy (non-hydrogen) atoms. The first-order valence-corrected chi connectivity index (χ1v) is 6.44. The van der Waals surface area contributed by atoms with Gasteiger partial charge in [-0.25, -0.2) is 4.79 Å². The van der Waals surface area contributed by atoms with Gasteiger partial charge in [-0.2, -0.15) is 4.99 Å². The molecule has 0 aromatic heterocycles. The molecule has 0 unspecified atom stereocenters. The molecule has 1 aromatic rings. The van der Waals surface area contributed by atoms with Crippen molar-refractivity contribution in [1.82, 2.24) is 0 Å². The van der Waals surface area contributed by atoms with Gasteiger partial charge in [-0.15, -0.1) is 0 Å². The number of ether oxygens (including phenoxy) is 1. The first-order chi connectivity index (χ1) is 8.63. The lowest BCUT2D eigenvalue weighted by Gasteiger charge is -2.25. The summed E-state index contributed by atoms with van der Waals surface area (Å²) in [4.78, 5) is 14.8. The van der Waals surface area contributed by atoms with E-state index >= 15 is 0 Å². The first-order valence-electron chi connectivity index (χ1n) is 6.06. The lowest BCUT2D eigenvalue weighted by molar-refractivity contribution is 0.379. The van der Waals surface area contributed by atoms with Crippen LogP contribution in [0.4, 0.5) is 0 Å². The fraction of sp³-hybridized carbons (Fsp3) is 0.500. The number of aryl methyl sites for hydroxylation is 1. The van der Waals surface area contributed by atoms with Gasteiger partial charge in [0, 0.05) is 10.6 Å². The van der Waals surface area contributed by atoms with Gasteiger partial charge in [0.25, 0.3) is 0 Å². The molecule has 0 heterocycles. The zero-order chi connectivity index (χ0) is 13.2. The molecule has 1 fully saturated rings. The molecule has 1 aliphatic rings. The smallest absolute Gasteiger partial charge is 0.235 e. The van der Waals surface area contributed by atoms with Gasteiger partial charge < -0.3 is 4.74 Å². The molecule has 0 amide bonds. The van der Waals surface area contributed by atoms with Crippen molar-refractivity contribution in [2.75, 3.05) is 7.11 Å². The zero-order valence-electron chi connectivity index (χ0n) is 10.6. The van der Waals surface area contributed by atoms with Crippen LogP contribution >= 0.6 is 11.6 Å². The minimum absolute atomic E-state index is 0.496. The third kappa shape index (κ3) is 2.16. The quantitative estimate of drug-likeness (QED) is 0.616. The van der Waals surface area contributed by atoms with Crippen LogP contribution in [0.3, 0.4) is 0 Å². The van der Waals surface area contributed by atoms with Gasteiger partial charge in [0.05, 0.1) is 7.11 Å². The fourth-order valence-electron chi connectivity index (χ4n) is 2.68. The van der Waals surface area contributed by atoms with Crippen LogP contribution in [0.2, 0.25) is 5.02 Å². The van der Waals surface area contributed by atoms with E-state index < -0.39 is 5.54 Å². The maximum atomic E-state index is 10.7. The van der Waals surface area contributed by atoms with Gasteiger partial charge >= 0.3 is 0 Å². The Balaban J connectivity index is 2.60. The molecule has 0 bridgehead atoms. The van der Waals surface area contributed by atoms with Crippen LogP contribution in [0, 0.1) is 6.92 Å². The van der Waals surface area contributed by atoms with Crippen LogP contribution < -0.4 is 4.74 Å². The van der Waals surface area contributed by atoms with E-state index in [9.17, 15) is 4.79 Å². The molecule has 96 valence electrons. The Morgan fingerprint density at radius 3 is 2.61 bits per heavy atom. The summed E-state index contributed by atoms with van der Waals surface area (Å²) in [5, 5.41) is 0.679. The largest absolute Gasteiger partial charge is 0.496 e. The standard InChI is InChI=1S/C14H16ClNO2/c1-10-7-13(18-2)11(8-12(10)15)14(16-9-17)5-3-4-6-14/h7-8H,3-6H2,1-2H3. The molecule has 0 spiro atoms. The highest BCUT2D eigenvalue weighted by molar-refractivity contribution is 6.31. The second-order valence-corrected chi connectivity index (χ2v) is 5.15. The normalized spacial score (nSPS) is 17.3. The Hall–Kier alpha value is -1.31. The number of nitrogens with zero attached hydrogens (tertiary/aromatic N) is 1.